The fraction of sp³-hybridized carbons (Fsp3) is 0.800. The van der Waals surface area contributed by atoms with Crippen molar-refractivity contribution in [2.75, 3.05) is 13.2 Å². The smallest absolute Gasteiger partial charge is 0.0760 e. The van der Waals surface area contributed by atoms with E-state index in [0.29, 0.717) is 6.04 Å². The Morgan fingerprint density at radius 3 is 2.42 bits per heavy atom. The Hall–Kier alpha value is -0.340. The van der Waals surface area contributed by atoms with Gasteiger partial charge in [0.05, 0.1) is 12.1 Å². The van der Waals surface area contributed by atoms with Crippen LogP contribution < -0.4 is 5.32 Å². The highest BCUT2D eigenvalue weighted by atomic mass is 16.5. The number of hydrogen-bond donors (Lipinski definition) is 1. The molecule has 0 aliphatic carbocycles. The molecule has 0 radical (unpaired) electrons. The van der Waals surface area contributed by atoms with E-state index in [1.54, 1.807) is 0 Å². The first-order chi connectivity index (χ1) is 5.79. The van der Waals surface area contributed by atoms with Crippen LogP contribution in [0.15, 0.2) is 12.7 Å². The Balaban J connectivity index is 3.92. The Kier molecular flexibility index (Phi) is 7.11. The van der Waals surface area contributed by atoms with E-state index in [4.69, 9.17) is 4.74 Å². The van der Waals surface area contributed by atoms with Crippen molar-refractivity contribution in [1.82, 2.24) is 5.32 Å². The van der Waals surface area contributed by atoms with Gasteiger partial charge in [-0.15, -0.1) is 6.58 Å². The first kappa shape index (κ1) is 11.7. The van der Waals surface area contributed by atoms with E-state index in [1.165, 1.54) is 0 Å². The summed E-state index contributed by atoms with van der Waals surface area (Å²) in [5, 5.41) is 3.33. The molecular weight excluding hydrogens is 150 g/mol. The molecular formula is C10H21NO. The van der Waals surface area contributed by atoms with Crippen LogP contribution >= 0.6 is 0 Å². The maximum atomic E-state index is 5.56. The standard InChI is InChI=1S/C10H21NO/c1-5-9(11-7-3)10(6-2)12-8-4/h5,9-11H,1,6-8H2,2-4H3. The largest absolute Gasteiger partial charge is 0.377 e. The van der Waals surface area contributed by atoms with Gasteiger partial charge >= 0.3 is 0 Å². The molecule has 0 aromatic rings. The van der Waals surface area contributed by atoms with Gasteiger partial charge in [0.15, 0.2) is 0 Å². The van der Waals surface area contributed by atoms with Gasteiger partial charge in [0.25, 0.3) is 0 Å². The van der Waals surface area contributed by atoms with E-state index in [9.17, 15) is 0 Å². The Bertz CT molecular complexity index is 114. The van der Waals surface area contributed by atoms with Crippen molar-refractivity contribution in [3.63, 3.8) is 0 Å². The lowest BCUT2D eigenvalue weighted by Crippen LogP contribution is -2.39. The molecule has 0 aromatic heterocycles. The van der Waals surface area contributed by atoms with Crippen LogP contribution in [0.25, 0.3) is 0 Å². The van der Waals surface area contributed by atoms with Gasteiger partial charge in [-0.2, -0.15) is 0 Å². The van der Waals surface area contributed by atoms with Crippen LogP contribution in [-0.4, -0.2) is 25.3 Å². The van der Waals surface area contributed by atoms with E-state index >= 15 is 0 Å². The van der Waals surface area contributed by atoms with Crippen molar-refractivity contribution < 1.29 is 4.74 Å². The van der Waals surface area contributed by atoms with Crippen LogP contribution in [0.4, 0.5) is 0 Å². The molecule has 0 amide bonds. The molecule has 72 valence electrons. The molecule has 2 heteroatoms. The Morgan fingerprint density at radius 1 is 1.42 bits per heavy atom. The van der Waals surface area contributed by atoms with Crippen LogP contribution in [0.3, 0.4) is 0 Å². The molecule has 0 aliphatic rings. The van der Waals surface area contributed by atoms with E-state index in [2.05, 4.69) is 25.7 Å². The maximum absolute atomic E-state index is 5.56. The van der Waals surface area contributed by atoms with Crippen molar-refractivity contribution >= 4 is 0 Å². The first-order valence-electron chi connectivity index (χ1n) is 4.77. The second kappa shape index (κ2) is 7.32. The third-order valence-corrected chi connectivity index (χ3v) is 1.88. The molecule has 0 rings (SSSR count). The summed E-state index contributed by atoms with van der Waals surface area (Å²) in [6.07, 6.45) is 3.22. The Morgan fingerprint density at radius 2 is 2.08 bits per heavy atom. The molecule has 0 saturated heterocycles. The van der Waals surface area contributed by atoms with Gasteiger partial charge in [0.1, 0.15) is 0 Å². The van der Waals surface area contributed by atoms with Crippen LogP contribution in [0.5, 0.6) is 0 Å². The third-order valence-electron chi connectivity index (χ3n) is 1.88. The van der Waals surface area contributed by atoms with Crippen molar-refractivity contribution in [2.24, 2.45) is 0 Å². The summed E-state index contributed by atoms with van der Waals surface area (Å²) in [7, 11) is 0. The number of ether oxygens (including phenoxy) is 1. The monoisotopic (exact) mass is 171 g/mol. The van der Waals surface area contributed by atoms with E-state index < -0.39 is 0 Å². The zero-order chi connectivity index (χ0) is 9.40. The van der Waals surface area contributed by atoms with Crippen molar-refractivity contribution in [3.8, 4) is 0 Å². The molecule has 2 unspecified atom stereocenters. The van der Waals surface area contributed by atoms with E-state index in [0.717, 1.165) is 19.6 Å². The normalized spacial score (nSPS) is 15.6. The van der Waals surface area contributed by atoms with Crippen LogP contribution in [0.2, 0.25) is 0 Å². The number of hydrogen-bond acceptors (Lipinski definition) is 2. The first-order valence-corrected chi connectivity index (χ1v) is 4.77. The van der Waals surface area contributed by atoms with Crippen LogP contribution in [-0.2, 0) is 4.74 Å². The number of likely N-dealkylation sites (N-methyl/N-ethyl adjacent to an activating group) is 1. The summed E-state index contributed by atoms with van der Waals surface area (Å²) < 4.78 is 5.56. The fourth-order valence-electron chi connectivity index (χ4n) is 1.29. The average Bonchev–Trinajstić information content (AvgIpc) is 2.11. The van der Waals surface area contributed by atoms with Gasteiger partial charge in [0.2, 0.25) is 0 Å². The zero-order valence-corrected chi connectivity index (χ0v) is 8.47. The van der Waals surface area contributed by atoms with Gasteiger partial charge in [-0.05, 0) is 19.9 Å². The molecule has 12 heavy (non-hydrogen) atoms. The molecule has 2 nitrogen and oxygen atoms in total. The molecule has 1 N–H and O–H groups in total. The van der Waals surface area contributed by atoms with Gasteiger partial charge in [0, 0.05) is 6.61 Å². The van der Waals surface area contributed by atoms with Crippen molar-refractivity contribution in [2.45, 2.75) is 39.3 Å². The molecule has 0 bridgehead atoms. The van der Waals surface area contributed by atoms with Crippen LogP contribution in [0.1, 0.15) is 27.2 Å². The summed E-state index contributed by atoms with van der Waals surface area (Å²) in [6.45, 7) is 11.8. The quantitative estimate of drug-likeness (QED) is 0.591. The summed E-state index contributed by atoms with van der Waals surface area (Å²) in [5.41, 5.74) is 0. The molecule has 0 aliphatic heterocycles. The highest BCUT2D eigenvalue weighted by Gasteiger charge is 2.15. The molecule has 0 saturated carbocycles. The minimum Gasteiger partial charge on any atom is -0.377 e. The Labute approximate surface area is 76.0 Å². The number of nitrogens with one attached hydrogen (secondary N) is 1. The zero-order valence-electron chi connectivity index (χ0n) is 8.47. The summed E-state index contributed by atoms with van der Waals surface area (Å²) >= 11 is 0. The molecule has 0 fully saturated rings. The van der Waals surface area contributed by atoms with Gasteiger partial charge < -0.3 is 10.1 Å². The highest BCUT2D eigenvalue weighted by Crippen LogP contribution is 2.05. The lowest BCUT2D eigenvalue weighted by atomic mass is 10.1. The number of rotatable bonds is 7. The molecule has 0 heterocycles. The minimum atomic E-state index is 0.271. The summed E-state index contributed by atoms with van der Waals surface area (Å²) in [6, 6.07) is 0.292. The molecule has 0 spiro atoms. The SMILES string of the molecule is C=CC(NCC)C(CC)OCC. The molecule has 2 atom stereocenters. The molecule has 0 aromatic carbocycles. The lowest BCUT2D eigenvalue weighted by molar-refractivity contribution is 0.0438. The second-order valence-corrected chi connectivity index (χ2v) is 2.72. The average molecular weight is 171 g/mol. The summed E-state index contributed by atoms with van der Waals surface area (Å²) in [5.74, 6) is 0. The van der Waals surface area contributed by atoms with E-state index in [-0.39, 0.29) is 6.10 Å². The topological polar surface area (TPSA) is 21.3 Å². The van der Waals surface area contributed by atoms with Crippen LogP contribution in [0, 0.1) is 0 Å². The maximum Gasteiger partial charge on any atom is 0.0760 e. The second-order valence-electron chi connectivity index (χ2n) is 2.72. The fourth-order valence-corrected chi connectivity index (χ4v) is 1.29. The predicted octanol–water partition coefficient (Wildman–Crippen LogP) is 1.97. The highest BCUT2D eigenvalue weighted by molar-refractivity contribution is 4.91. The van der Waals surface area contributed by atoms with Gasteiger partial charge in [-0.1, -0.05) is 19.9 Å². The van der Waals surface area contributed by atoms with Crippen molar-refractivity contribution in [1.29, 1.82) is 0 Å². The predicted molar refractivity (Wildman–Crippen MR) is 53.4 cm³/mol. The van der Waals surface area contributed by atoms with Crippen molar-refractivity contribution in [3.05, 3.63) is 12.7 Å². The van der Waals surface area contributed by atoms with Gasteiger partial charge in [-0.25, -0.2) is 0 Å². The third kappa shape index (κ3) is 3.88. The minimum absolute atomic E-state index is 0.271. The van der Waals surface area contributed by atoms with E-state index in [1.807, 2.05) is 13.0 Å². The lowest BCUT2D eigenvalue weighted by Gasteiger charge is -2.23. The van der Waals surface area contributed by atoms with Gasteiger partial charge in [-0.3, -0.25) is 0 Å². The summed E-state index contributed by atoms with van der Waals surface area (Å²) in [4.78, 5) is 0.